The molecule has 0 saturated heterocycles. The van der Waals surface area contributed by atoms with Crippen molar-refractivity contribution in [2.45, 2.75) is 39.5 Å². The first-order valence-electron chi connectivity index (χ1n) is 4.98. The van der Waals surface area contributed by atoms with Crippen LogP contribution in [0.5, 0.6) is 0 Å². The first-order chi connectivity index (χ1) is 6.60. The third kappa shape index (κ3) is 5.47. The molecular weight excluding hydrogens is 223 g/mol. The third-order valence-electron chi connectivity index (χ3n) is 2.62. The predicted octanol–water partition coefficient (Wildman–Crippen LogP) is 3.04. The second-order valence-electron chi connectivity index (χ2n) is 3.61. The molecule has 0 heterocycles. The standard InChI is InChI=1S/C9H20ClO3P/c1-3-5-6-9(4-2,7-11)8-13-14(10)12/h11-12H,3-8H2,1-2H3. The second kappa shape index (κ2) is 7.84. The van der Waals surface area contributed by atoms with Crippen molar-refractivity contribution < 1.29 is 14.5 Å². The highest BCUT2D eigenvalue weighted by atomic mass is 35.7. The van der Waals surface area contributed by atoms with E-state index in [0.717, 1.165) is 25.7 Å². The molecular formula is C9H20ClO3P. The van der Waals surface area contributed by atoms with Gasteiger partial charge in [-0.25, -0.2) is 0 Å². The van der Waals surface area contributed by atoms with Gasteiger partial charge in [0, 0.05) is 5.41 Å². The maximum atomic E-state index is 9.32. The van der Waals surface area contributed by atoms with E-state index in [0.29, 0.717) is 6.61 Å². The van der Waals surface area contributed by atoms with Crippen LogP contribution in [0, 0.1) is 5.41 Å². The average Bonchev–Trinajstić information content (AvgIpc) is 2.19. The molecule has 14 heavy (non-hydrogen) atoms. The molecule has 86 valence electrons. The zero-order valence-electron chi connectivity index (χ0n) is 8.87. The molecule has 0 aromatic rings. The molecule has 0 aliphatic heterocycles. The van der Waals surface area contributed by atoms with Crippen molar-refractivity contribution in [2.75, 3.05) is 13.2 Å². The Hall–Kier alpha value is 0.600. The molecule has 3 nitrogen and oxygen atoms in total. The van der Waals surface area contributed by atoms with E-state index >= 15 is 0 Å². The summed E-state index contributed by atoms with van der Waals surface area (Å²) >= 11 is 5.35. The highest BCUT2D eigenvalue weighted by molar-refractivity contribution is 7.75. The van der Waals surface area contributed by atoms with Gasteiger partial charge in [0.25, 0.3) is 7.73 Å². The Bertz CT molecular complexity index is 140. The summed E-state index contributed by atoms with van der Waals surface area (Å²) in [5.41, 5.74) is -0.228. The molecule has 0 aliphatic carbocycles. The van der Waals surface area contributed by atoms with Gasteiger partial charge < -0.3 is 14.5 Å². The lowest BCUT2D eigenvalue weighted by molar-refractivity contribution is 0.0549. The fraction of sp³-hybridized carbons (Fsp3) is 1.00. The van der Waals surface area contributed by atoms with Crippen molar-refractivity contribution in [2.24, 2.45) is 5.41 Å². The van der Waals surface area contributed by atoms with Gasteiger partial charge in [-0.15, -0.1) is 0 Å². The van der Waals surface area contributed by atoms with Gasteiger partial charge in [-0.2, -0.15) is 0 Å². The smallest absolute Gasteiger partial charge is 0.274 e. The van der Waals surface area contributed by atoms with Gasteiger partial charge >= 0.3 is 0 Å². The van der Waals surface area contributed by atoms with E-state index in [1.54, 1.807) is 0 Å². The molecule has 5 heteroatoms. The highest BCUT2D eigenvalue weighted by Crippen LogP contribution is 2.40. The van der Waals surface area contributed by atoms with Crippen molar-refractivity contribution in [1.82, 2.24) is 0 Å². The van der Waals surface area contributed by atoms with Crippen LogP contribution in [-0.4, -0.2) is 23.2 Å². The third-order valence-corrected chi connectivity index (χ3v) is 3.26. The molecule has 0 fully saturated rings. The van der Waals surface area contributed by atoms with Gasteiger partial charge in [-0.3, -0.25) is 0 Å². The summed E-state index contributed by atoms with van der Waals surface area (Å²) in [5, 5.41) is 9.32. The van der Waals surface area contributed by atoms with Crippen molar-refractivity contribution in [1.29, 1.82) is 0 Å². The van der Waals surface area contributed by atoms with Gasteiger partial charge in [-0.05, 0) is 24.1 Å². The van der Waals surface area contributed by atoms with E-state index in [1.165, 1.54) is 0 Å². The van der Waals surface area contributed by atoms with Gasteiger partial charge in [0.05, 0.1) is 13.2 Å². The Morgan fingerprint density at radius 1 is 1.43 bits per heavy atom. The largest absolute Gasteiger partial charge is 0.396 e. The SMILES string of the molecule is CCCCC(CC)(CO)COP(O)Cl. The van der Waals surface area contributed by atoms with Gasteiger partial charge in [0.1, 0.15) is 0 Å². The van der Waals surface area contributed by atoms with Gasteiger partial charge in [-0.1, -0.05) is 26.7 Å². The van der Waals surface area contributed by atoms with Crippen molar-refractivity contribution in [3.63, 3.8) is 0 Å². The van der Waals surface area contributed by atoms with Crippen LogP contribution in [0.4, 0.5) is 0 Å². The van der Waals surface area contributed by atoms with Gasteiger partial charge in [0.15, 0.2) is 0 Å². The number of aliphatic hydroxyl groups excluding tert-OH is 1. The molecule has 2 unspecified atom stereocenters. The summed E-state index contributed by atoms with van der Waals surface area (Å²) < 4.78 is 5.01. The minimum absolute atomic E-state index is 0.0869. The van der Waals surface area contributed by atoms with E-state index in [9.17, 15) is 5.11 Å². The summed E-state index contributed by atoms with van der Waals surface area (Å²) in [4.78, 5) is 8.86. The fourth-order valence-corrected chi connectivity index (χ4v) is 1.86. The molecule has 0 spiro atoms. The normalized spacial score (nSPS) is 17.8. The second-order valence-corrected chi connectivity index (χ2v) is 5.19. The number of unbranched alkanes of at least 4 members (excludes halogenated alkanes) is 1. The predicted molar refractivity (Wildman–Crippen MR) is 60.3 cm³/mol. The molecule has 0 saturated carbocycles. The zero-order valence-corrected chi connectivity index (χ0v) is 10.5. The van der Waals surface area contributed by atoms with E-state index in [-0.39, 0.29) is 12.0 Å². The first kappa shape index (κ1) is 14.6. The van der Waals surface area contributed by atoms with E-state index in [2.05, 4.69) is 6.92 Å². The maximum absolute atomic E-state index is 9.32. The molecule has 0 aromatic heterocycles. The van der Waals surface area contributed by atoms with Crippen LogP contribution in [0.3, 0.4) is 0 Å². The zero-order chi connectivity index (χ0) is 11.0. The lowest BCUT2D eigenvalue weighted by atomic mass is 9.82. The number of hydrogen-bond acceptors (Lipinski definition) is 3. The molecule has 0 amide bonds. The lowest BCUT2D eigenvalue weighted by Gasteiger charge is -2.30. The van der Waals surface area contributed by atoms with E-state index < -0.39 is 7.73 Å². The molecule has 2 atom stereocenters. The van der Waals surface area contributed by atoms with Crippen LogP contribution in [0.1, 0.15) is 39.5 Å². The summed E-state index contributed by atoms with van der Waals surface area (Å²) in [6.07, 6.45) is 3.90. The minimum Gasteiger partial charge on any atom is -0.396 e. The molecule has 0 aromatic carbocycles. The first-order valence-corrected chi connectivity index (χ1v) is 7.10. The van der Waals surface area contributed by atoms with Crippen LogP contribution >= 0.6 is 19.0 Å². The summed E-state index contributed by atoms with van der Waals surface area (Å²) in [6, 6.07) is 0. The average molecular weight is 243 g/mol. The monoisotopic (exact) mass is 242 g/mol. The summed E-state index contributed by atoms with van der Waals surface area (Å²) in [5.74, 6) is 0. The van der Waals surface area contributed by atoms with Crippen molar-refractivity contribution in [3.8, 4) is 0 Å². The van der Waals surface area contributed by atoms with Crippen LogP contribution in [0.2, 0.25) is 0 Å². The number of hydrogen-bond donors (Lipinski definition) is 2. The van der Waals surface area contributed by atoms with E-state index in [1.807, 2.05) is 6.92 Å². The highest BCUT2D eigenvalue weighted by Gasteiger charge is 2.28. The summed E-state index contributed by atoms with van der Waals surface area (Å²) in [7, 11) is -1.83. The molecule has 0 bridgehead atoms. The van der Waals surface area contributed by atoms with E-state index in [4.69, 9.17) is 20.7 Å². The molecule has 0 rings (SSSR count). The molecule has 0 aliphatic rings. The summed E-state index contributed by atoms with van der Waals surface area (Å²) in [6.45, 7) is 4.55. The lowest BCUT2D eigenvalue weighted by Crippen LogP contribution is -2.29. The molecule has 2 N–H and O–H groups in total. The maximum Gasteiger partial charge on any atom is 0.274 e. The fourth-order valence-electron chi connectivity index (χ4n) is 1.33. The molecule has 0 radical (unpaired) electrons. The van der Waals surface area contributed by atoms with Crippen molar-refractivity contribution in [3.05, 3.63) is 0 Å². The Balaban J connectivity index is 4.07. The quantitative estimate of drug-likeness (QED) is 0.643. The van der Waals surface area contributed by atoms with Gasteiger partial charge in [0.2, 0.25) is 0 Å². The Kier molecular flexibility index (Phi) is 8.17. The van der Waals surface area contributed by atoms with Crippen molar-refractivity contribution >= 4 is 19.0 Å². The number of halogens is 1. The van der Waals surface area contributed by atoms with Crippen LogP contribution < -0.4 is 0 Å². The Morgan fingerprint density at radius 2 is 2.07 bits per heavy atom. The topological polar surface area (TPSA) is 49.7 Å². The number of aliphatic hydroxyl groups is 1. The van der Waals surface area contributed by atoms with Crippen LogP contribution in [0.25, 0.3) is 0 Å². The minimum atomic E-state index is -1.83. The Morgan fingerprint density at radius 3 is 2.43 bits per heavy atom. The number of rotatable bonds is 8. The van der Waals surface area contributed by atoms with Crippen LogP contribution in [0.15, 0.2) is 0 Å². The van der Waals surface area contributed by atoms with Crippen LogP contribution in [-0.2, 0) is 4.52 Å². The Labute approximate surface area is 92.1 Å².